The average Bonchev–Trinajstić information content (AvgIpc) is 3.26. The number of hydrogen-bond donors (Lipinski definition) is 0. The molecule has 0 N–H and O–H groups in total. The fourth-order valence-corrected chi connectivity index (χ4v) is 4.62. The molecule has 2 aliphatic rings. The Hall–Kier alpha value is -2.10. The van der Waals surface area contributed by atoms with Crippen molar-refractivity contribution in [3.8, 4) is 0 Å². The number of carbonyl (C=O) groups excluding carboxylic acids is 1. The van der Waals surface area contributed by atoms with E-state index < -0.39 is 0 Å². The number of aryl methyl sites for hydroxylation is 3. The van der Waals surface area contributed by atoms with Crippen LogP contribution in [-0.2, 0) is 18.3 Å². The highest BCUT2D eigenvalue weighted by atomic mass is 16.2. The molecule has 2 atom stereocenters. The van der Waals surface area contributed by atoms with Gasteiger partial charge in [0.15, 0.2) is 0 Å². The molecule has 0 saturated carbocycles. The Morgan fingerprint density at radius 3 is 2.75 bits per heavy atom. The fourth-order valence-electron chi connectivity index (χ4n) is 4.62. The molecule has 2 unspecified atom stereocenters. The van der Waals surface area contributed by atoms with E-state index in [9.17, 15) is 4.79 Å². The van der Waals surface area contributed by atoms with Gasteiger partial charge < -0.3 is 4.90 Å². The summed E-state index contributed by atoms with van der Waals surface area (Å²) in [5.74, 6) is 0.351. The van der Waals surface area contributed by atoms with Crippen molar-refractivity contribution in [3.63, 3.8) is 0 Å². The molecule has 4 nitrogen and oxygen atoms in total. The second-order valence-electron chi connectivity index (χ2n) is 7.19. The second kappa shape index (κ2) is 5.76. The zero-order valence-electron chi connectivity index (χ0n) is 14.7. The summed E-state index contributed by atoms with van der Waals surface area (Å²) in [6.07, 6.45) is 4.11. The van der Waals surface area contributed by atoms with Crippen LogP contribution in [0.25, 0.3) is 0 Å². The highest BCUT2D eigenvalue weighted by Crippen LogP contribution is 2.40. The SMILES string of the molecule is Cc1nn(C)c(C)c1C1CCCN1C(=O)C1CCc2ccccc21. The Kier molecular flexibility index (Phi) is 3.70. The van der Waals surface area contributed by atoms with Crippen molar-refractivity contribution in [2.75, 3.05) is 6.54 Å². The molecule has 1 aliphatic heterocycles. The van der Waals surface area contributed by atoms with Gasteiger partial charge in [0.2, 0.25) is 5.91 Å². The minimum absolute atomic E-state index is 0.0408. The molecule has 1 aromatic heterocycles. The third-order valence-electron chi connectivity index (χ3n) is 5.87. The monoisotopic (exact) mass is 323 g/mol. The van der Waals surface area contributed by atoms with Crippen LogP contribution in [-0.4, -0.2) is 27.1 Å². The van der Waals surface area contributed by atoms with Crippen molar-refractivity contribution >= 4 is 5.91 Å². The Morgan fingerprint density at radius 2 is 2.00 bits per heavy atom. The van der Waals surface area contributed by atoms with E-state index in [2.05, 4.69) is 48.1 Å². The number of hydrogen-bond acceptors (Lipinski definition) is 2. The predicted molar refractivity (Wildman–Crippen MR) is 93.9 cm³/mol. The van der Waals surface area contributed by atoms with Crippen LogP contribution in [0.5, 0.6) is 0 Å². The molecule has 2 heterocycles. The third-order valence-corrected chi connectivity index (χ3v) is 5.87. The normalized spacial score (nSPS) is 22.9. The van der Waals surface area contributed by atoms with Crippen molar-refractivity contribution in [1.82, 2.24) is 14.7 Å². The lowest BCUT2D eigenvalue weighted by atomic mass is 9.97. The molecule has 1 fully saturated rings. The lowest BCUT2D eigenvalue weighted by molar-refractivity contribution is -0.133. The van der Waals surface area contributed by atoms with Gasteiger partial charge in [-0.05, 0) is 50.7 Å². The Bertz CT molecular complexity index is 792. The van der Waals surface area contributed by atoms with Crippen molar-refractivity contribution < 1.29 is 4.79 Å². The molecule has 126 valence electrons. The van der Waals surface area contributed by atoms with E-state index in [1.54, 1.807) is 0 Å². The smallest absolute Gasteiger partial charge is 0.230 e. The maximum Gasteiger partial charge on any atom is 0.230 e. The summed E-state index contributed by atoms with van der Waals surface area (Å²) in [4.78, 5) is 15.5. The maximum atomic E-state index is 13.3. The lowest BCUT2D eigenvalue weighted by Crippen LogP contribution is -2.34. The Morgan fingerprint density at radius 1 is 1.21 bits per heavy atom. The van der Waals surface area contributed by atoms with Crippen LogP contribution < -0.4 is 0 Å². The molecule has 1 aromatic carbocycles. The third kappa shape index (κ3) is 2.27. The summed E-state index contributed by atoms with van der Waals surface area (Å²) in [6, 6.07) is 8.63. The topological polar surface area (TPSA) is 38.1 Å². The van der Waals surface area contributed by atoms with Crippen LogP contribution in [0, 0.1) is 13.8 Å². The van der Waals surface area contributed by atoms with Crippen LogP contribution in [0.2, 0.25) is 0 Å². The van der Waals surface area contributed by atoms with E-state index in [0.717, 1.165) is 37.9 Å². The zero-order chi connectivity index (χ0) is 16.8. The molecule has 0 radical (unpaired) electrons. The fraction of sp³-hybridized carbons (Fsp3) is 0.500. The lowest BCUT2D eigenvalue weighted by Gasteiger charge is -2.28. The van der Waals surface area contributed by atoms with Crippen molar-refractivity contribution in [1.29, 1.82) is 0 Å². The minimum atomic E-state index is 0.0408. The molecule has 0 bridgehead atoms. The summed E-state index contributed by atoms with van der Waals surface area (Å²) in [5, 5.41) is 4.56. The van der Waals surface area contributed by atoms with Gasteiger partial charge in [-0.25, -0.2) is 0 Å². The van der Waals surface area contributed by atoms with Crippen LogP contribution in [0.3, 0.4) is 0 Å². The molecular weight excluding hydrogens is 298 g/mol. The summed E-state index contributed by atoms with van der Waals surface area (Å²) < 4.78 is 1.94. The second-order valence-corrected chi connectivity index (χ2v) is 7.19. The predicted octanol–water partition coefficient (Wildman–Crippen LogP) is 3.43. The first-order valence-corrected chi connectivity index (χ1v) is 8.96. The zero-order valence-corrected chi connectivity index (χ0v) is 14.7. The standard InChI is InChI=1S/C20H25N3O/c1-13-19(14(2)22(3)21-13)18-9-6-12-23(18)20(24)17-11-10-15-7-4-5-8-16(15)17/h4-5,7-8,17-18H,6,9-12H2,1-3H3. The molecule has 4 rings (SSSR count). The number of fused-ring (bicyclic) bond motifs is 1. The van der Waals surface area contributed by atoms with E-state index in [4.69, 9.17) is 0 Å². The molecule has 0 spiro atoms. The largest absolute Gasteiger partial charge is 0.335 e. The van der Waals surface area contributed by atoms with Gasteiger partial charge in [0.25, 0.3) is 0 Å². The number of aromatic nitrogens is 2. The molecule has 1 amide bonds. The molecule has 24 heavy (non-hydrogen) atoms. The van der Waals surface area contributed by atoms with E-state index in [0.29, 0.717) is 5.91 Å². The first-order valence-electron chi connectivity index (χ1n) is 8.96. The highest BCUT2D eigenvalue weighted by molar-refractivity contribution is 5.85. The van der Waals surface area contributed by atoms with Gasteiger partial charge in [0, 0.05) is 24.8 Å². The number of rotatable bonds is 2. The van der Waals surface area contributed by atoms with E-state index in [-0.39, 0.29) is 12.0 Å². The van der Waals surface area contributed by atoms with Crippen molar-refractivity contribution in [2.24, 2.45) is 7.05 Å². The summed E-state index contributed by atoms with van der Waals surface area (Å²) in [7, 11) is 1.99. The van der Waals surface area contributed by atoms with Gasteiger partial charge >= 0.3 is 0 Å². The number of benzene rings is 1. The maximum absolute atomic E-state index is 13.3. The van der Waals surface area contributed by atoms with Gasteiger partial charge in [-0.1, -0.05) is 24.3 Å². The highest BCUT2D eigenvalue weighted by Gasteiger charge is 2.38. The molecular formula is C20H25N3O. The van der Waals surface area contributed by atoms with Crippen LogP contribution >= 0.6 is 0 Å². The summed E-state index contributed by atoms with van der Waals surface area (Å²) in [6.45, 7) is 5.05. The Labute approximate surface area is 143 Å². The number of carbonyl (C=O) groups is 1. The molecule has 1 aliphatic carbocycles. The quantitative estimate of drug-likeness (QED) is 0.849. The van der Waals surface area contributed by atoms with Gasteiger partial charge in [0.1, 0.15) is 0 Å². The van der Waals surface area contributed by atoms with E-state index in [1.807, 2.05) is 11.7 Å². The molecule has 1 saturated heterocycles. The van der Waals surface area contributed by atoms with Crippen LogP contribution in [0.1, 0.15) is 59.3 Å². The first-order chi connectivity index (χ1) is 11.6. The minimum Gasteiger partial charge on any atom is -0.335 e. The van der Waals surface area contributed by atoms with Crippen molar-refractivity contribution in [3.05, 3.63) is 52.3 Å². The van der Waals surface area contributed by atoms with E-state index in [1.165, 1.54) is 22.4 Å². The number of amides is 1. The molecule has 2 aromatic rings. The van der Waals surface area contributed by atoms with Gasteiger partial charge in [-0.2, -0.15) is 5.10 Å². The first kappa shape index (κ1) is 15.4. The summed E-state index contributed by atoms with van der Waals surface area (Å²) in [5.41, 5.74) is 6.10. The summed E-state index contributed by atoms with van der Waals surface area (Å²) >= 11 is 0. The van der Waals surface area contributed by atoms with Crippen LogP contribution in [0.4, 0.5) is 0 Å². The molecule has 4 heteroatoms. The van der Waals surface area contributed by atoms with E-state index >= 15 is 0 Å². The number of nitrogens with zero attached hydrogens (tertiary/aromatic N) is 3. The average molecular weight is 323 g/mol. The van der Waals surface area contributed by atoms with Gasteiger partial charge in [-0.3, -0.25) is 9.48 Å². The van der Waals surface area contributed by atoms with Gasteiger partial charge in [-0.15, -0.1) is 0 Å². The number of likely N-dealkylation sites (tertiary alicyclic amines) is 1. The Balaban J connectivity index is 1.65. The van der Waals surface area contributed by atoms with Gasteiger partial charge in [0.05, 0.1) is 17.7 Å². The van der Waals surface area contributed by atoms with Crippen LogP contribution in [0.15, 0.2) is 24.3 Å². The van der Waals surface area contributed by atoms with Crippen molar-refractivity contribution in [2.45, 2.75) is 51.5 Å².